The third-order valence-electron chi connectivity index (χ3n) is 2.05. The number of esters is 2. The maximum Gasteiger partial charge on any atom is 0.364 e. The van der Waals surface area contributed by atoms with Gasteiger partial charge in [-0.05, 0) is 26.8 Å². The van der Waals surface area contributed by atoms with Crippen molar-refractivity contribution in [1.29, 1.82) is 0 Å². The van der Waals surface area contributed by atoms with Crippen LogP contribution in [0.4, 0.5) is 0 Å². The molecule has 0 aromatic heterocycles. The van der Waals surface area contributed by atoms with E-state index in [1.165, 1.54) is 6.92 Å². The highest BCUT2D eigenvalue weighted by molar-refractivity contribution is 5.90. The molecule has 114 valence electrons. The molecule has 1 atom stereocenters. The topological polar surface area (TPSA) is 90.9 Å². The zero-order chi connectivity index (χ0) is 15.6. The van der Waals surface area contributed by atoms with Crippen molar-refractivity contribution in [2.24, 2.45) is 0 Å². The fraction of sp³-hybridized carbons (Fsp3) is 0.615. The van der Waals surface area contributed by atoms with E-state index in [0.717, 1.165) is 12.2 Å². The molecule has 0 aromatic rings. The van der Waals surface area contributed by atoms with Crippen LogP contribution in [0.5, 0.6) is 0 Å². The highest BCUT2D eigenvalue weighted by Gasteiger charge is 2.39. The molecule has 0 saturated heterocycles. The zero-order valence-corrected chi connectivity index (χ0v) is 12.2. The van der Waals surface area contributed by atoms with Crippen molar-refractivity contribution in [3.05, 3.63) is 12.2 Å². The Hall–Kier alpha value is -1.89. The van der Waals surface area contributed by atoms with E-state index in [-0.39, 0.29) is 19.8 Å². The molecule has 1 N–H and O–H groups in total. The van der Waals surface area contributed by atoms with Crippen molar-refractivity contribution in [1.82, 2.24) is 5.32 Å². The van der Waals surface area contributed by atoms with Crippen LogP contribution < -0.4 is 5.32 Å². The summed E-state index contributed by atoms with van der Waals surface area (Å²) in [6, 6.07) is 0. The van der Waals surface area contributed by atoms with Crippen molar-refractivity contribution in [2.75, 3.05) is 19.8 Å². The maximum atomic E-state index is 12.0. The number of rotatable bonds is 8. The Morgan fingerprint density at radius 3 is 2.10 bits per heavy atom. The third kappa shape index (κ3) is 5.83. The normalized spacial score (nSPS) is 13.6. The summed E-state index contributed by atoms with van der Waals surface area (Å²) in [6.07, 6.45) is 2.14. The van der Waals surface area contributed by atoms with E-state index in [1.54, 1.807) is 20.8 Å². The summed E-state index contributed by atoms with van der Waals surface area (Å²) in [5.74, 6) is -1.95. The van der Waals surface area contributed by atoms with E-state index in [0.29, 0.717) is 0 Å². The summed E-state index contributed by atoms with van der Waals surface area (Å²) in [4.78, 5) is 34.6. The van der Waals surface area contributed by atoms with Gasteiger partial charge in [-0.1, -0.05) is 0 Å². The molecular weight excluding hydrogens is 266 g/mol. The molecule has 7 nitrogen and oxygen atoms in total. The average Bonchev–Trinajstić information content (AvgIpc) is 2.36. The largest absolute Gasteiger partial charge is 0.463 e. The maximum absolute atomic E-state index is 12.0. The fourth-order valence-corrected chi connectivity index (χ4v) is 1.41. The Kier molecular flexibility index (Phi) is 8.23. The number of carbonyl (C=O) groups is 3. The van der Waals surface area contributed by atoms with Crippen LogP contribution in [-0.4, -0.2) is 43.4 Å². The van der Waals surface area contributed by atoms with Gasteiger partial charge in [0.1, 0.15) is 0 Å². The summed E-state index contributed by atoms with van der Waals surface area (Å²) in [6.45, 7) is 6.59. The summed E-state index contributed by atoms with van der Waals surface area (Å²) >= 11 is 0. The van der Waals surface area contributed by atoms with Gasteiger partial charge in [-0.3, -0.25) is 4.79 Å². The lowest BCUT2D eigenvalue weighted by molar-refractivity contribution is -0.171. The molecule has 1 amide bonds. The number of ether oxygens (including phenoxy) is 3. The molecule has 0 aliphatic rings. The van der Waals surface area contributed by atoms with Gasteiger partial charge in [0, 0.05) is 19.6 Å². The Morgan fingerprint density at radius 1 is 1.05 bits per heavy atom. The number of carbonyl (C=O) groups excluding carboxylic acids is 3. The molecule has 0 rings (SSSR count). The fourth-order valence-electron chi connectivity index (χ4n) is 1.41. The molecule has 0 bridgehead atoms. The molecule has 0 aliphatic heterocycles. The highest BCUT2D eigenvalue weighted by Crippen LogP contribution is 2.13. The minimum absolute atomic E-state index is 0.112. The van der Waals surface area contributed by atoms with E-state index < -0.39 is 23.6 Å². The first-order valence-corrected chi connectivity index (χ1v) is 6.37. The first kappa shape index (κ1) is 18.1. The van der Waals surface area contributed by atoms with Gasteiger partial charge in [0.05, 0.1) is 13.2 Å². The molecule has 20 heavy (non-hydrogen) atoms. The number of hydrogen-bond acceptors (Lipinski definition) is 6. The number of nitrogens with one attached hydrogen (secondary N) is 1. The smallest absolute Gasteiger partial charge is 0.364 e. The van der Waals surface area contributed by atoms with Crippen molar-refractivity contribution in [2.45, 2.75) is 33.4 Å². The third-order valence-corrected chi connectivity index (χ3v) is 2.05. The van der Waals surface area contributed by atoms with Crippen LogP contribution in [-0.2, 0) is 28.6 Å². The molecule has 0 radical (unpaired) electrons. The van der Waals surface area contributed by atoms with Crippen LogP contribution in [0.2, 0.25) is 0 Å². The van der Waals surface area contributed by atoms with Crippen LogP contribution >= 0.6 is 0 Å². The molecule has 0 aromatic carbocycles. The monoisotopic (exact) mass is 287 g/mol. The van der Waals surface area contributed by atoms with E-state index in [9.17, 15) is 14.4 Å². The van der Waals surface area contributed by atoms with Gasteiger partial charge in [0.25, 0.3) is 5.72 Å². The van der Waals surface area contributed by atoms with Crippen molar-refractivity contribution in [3.63, 3.8) is 0 Å². The van der Waals surface area contributed by atoms with Crippen LogP contribution in [0, 0.1) is 0 Å². The lowest BCUT2D eigenvalue weighted by Gasteiger charge is -2.28. The molecule has 0 spiro atoms. The second kappa shape index (κ2) is 9.08. The predicted molar refractivity (Wildman–Crippen MR) is 70.6 cm³/mol. The summed E-state index contributed by atoms with van der Waals surface area (Å²) in [5, 5.41) is 2.35. The van der Waals surface area contributed by atoms with Crippen LogP contribution in [0.1, 0.15) is 27.7 Å². The number of amides is 1. The van der Waals surface area contributed by atoms with Crippen LogP contribution in [0.15, 0.2) is 12.2 Å². The van der Waals surface area contributed by atoms with Crippen molar-refractivity contribution in [3.8, 4) is 0 Å². The quantitative estimate of drug-likeness (QED) is 0.398. The van der Waals surface area contributed by atoms with E-state index in [4.69, 9.17) is 14.2 Å². The number of hydrogen-bond donors (Lipinski definition) is 1. The molecular formula is C13H21NO6. The molecule has 0 aliphatic carbocycles. The minimum atomic E-state index is -1.83. The van der Waals surface area contributed by atoms with Gasteiger partial charge in [-0.25, -0.2) is 9.59 Å². The highest BCUT2D eigenvalue weighted by atomic mass is 16.6. The minimum Gasteiger partial charge on any atom is -0.463 e. The van der Waals surface area contributed by atoms with Gasteiger partial charge in [0.2, 0.25) is 5.91 Å². The van der Waals surface area contributed by atoms with Gasteiger partial charge in [-0.2, -0.15) is 0 Å². The molecule has 0 saturated carbocycles. The van der Waals surface area contributed by atoms with Gasteiger partial charge >= 0.3 is 11.9 Å². The second-order valence-corrected chi connectivity index (χ2v) is 3.66. The standard InChI is InChI=1S/C13H21NO6/c1-5-18-11(16)8-9-13(20-7-3,14-10(4)15)12(17)19-6-2/h8-9H,5-7H2,1-4H3,(H,14,15)/b9-8+. The summed E-state index contributed by atoms with van der Waals surface area (Å²) in [7, 11) is 0. The average molecular weight is 287 g/mol. The molecule has 1 unspecified atom stereocenters. The molecule has 0 heterocycles. The predicted octanol–water partition coefficient (Wildman–Crippen LogP) is 0.538. The van der Waals surface area contributed by atoms with Crippen LogP contribution in [0.3, 0.4) is 0 Å². The summed E-state index contributed by atoms with van der Waals surface area (Å²) < 4.78 is 14.9. The van der Waals surface area contributed by atoms with E-state index in [2.05, 4.69) is 5.32 Å². The van der Waals surface area contributed by atoms with E-state index >= 15 is 0 Å². The lowest BCUT2D eigenvalue weighted by atomic mass is 10.2. The second-order valence-electron chi connectivity index (χ2n) is 3.66. The lowest BCUT2D eigenvalue weighted by Crippen LogP contribution is -2.55. The Labute approximate surface area is 118 Å². The van der Waals surface area contributed by atoms with E-state index in [1.807, 2.05) is 0 Å². The molecule has 0 fully saturated rings. The van der Waals surface area contributed by atoms with Crippen LogP contribution in [0.25, 0.3) is 0 Å². The first-order chi connectivity index (χ1) is 9.41. The Morgan fingerprint density at radius 2 is 1.65 bits per heavy atom. The zero-order valence-electron chi connectivity index (χ0n) is 12.2. The SMILES string of the molecule is CCOC(=O)/C=C/C(NC(C)=O)(OCC)C(=O)OCC. The molecule has 7 heteroatoms. The van der Waals surface area contributed by atoms with Gasteiger partial charge < -0.3 is 19.5 Å². The van der Waals surface area contributed by atoms with Gasteiger partial charge in [0.15, 0.2) is 0 Å². The Balaban J connectivity index is 5.31. The van der Waals surface area contributed by atoms with Crippen molar-refractivity contribution >= 4 is 17.8 Å². The van der Waals surface area contributed by atoms with Crippen molar-refractivity contribution < 1.29 is 28.6 Å². The Bertz CT molecular complexity index is 379. The van der Waals surface area contributed by atoms with Gasteiger partial charge in [-0.15, -0.1) is 0 Å². The first-order valence-electron chi connectivity index (χ1n) is 6.37. The summed E-state index contributed by atoms with van der Waals surface area (Å²) in [5.41, 5.74) is -1.83.